The highest BCUT2D eigenvalue weighted by atomic mass is 32.2. The van der Waals surface area contributed by atoms with E-state index in [0.29, 0.717) is 0 Å². The molecule has 1 atom stereocenters. The van der Waals surface area contributed by atoms with Crippen molar-refractivity contribution in [2.45, 2.75) is 25.3 Å². The number of nitrogens with zero attached hydrogens (tertiary/aromatic N) is 3. The van der Waals surface area contributed by atoms with Gasteiger partial charge in [0.2, 0.25) is 11.0 Å². The van der Waals surface area contributed by atoms with Gasteiger partial charge in [0.15, 0.2) is 0 Å². The summed E-state index contributed by atoms with van der Waals surface area (Å²) in [6.45, 7) is 1.51. The van der Waals surface area contributed by atoms with Gasteiger partial charge in [-0.15, -0.1) is 0 Å². The Hall–Kier alpha value is -2.61. The van der Waals surface area contributed by atoms with E-state index in [-0.39, 0.29) is 23.0 Å². The maximum atomic E-state index is 12.5. The van der Waals surface area contributed by atoms with E-state index in [9.17, 15) is 9.59 Å². The minimum absolute atomic E-state index is 0.00658. The van der Waals surface area contributed by atoms with Crippen molar-refractivity contribution in [3.05, 3.63) is 36.7 Å². The van der Waals surface area contributed by atoms with Crippen LogP contribution in [0.25, 0.3) is 11.3 Å². The molecule has 1 N–H and O–H groups in total. The molecule has 0 aliphatic carbocycles. The molecule has 4 rings (SSSR count). The lowest BCUT2D eigenvalue weighted by molar-refractivity contribution is -0.128. The number of hydrogen-bond acceptors (Lipinski definition) is 7. The SMILES string of the molecule is COc1ccc(-c2cc(N3CCC(C(=O)NC4CCSC4=O)CC3)ncn2)cc1. The van der Waals surface area contributed by atoms with E-state index in [2.05, 4.69) is 20.2 Å². The molecule has 3 heterocycles. The van der Waals surface area contributed by atoms with Gasteiger partial charge in [0, 0.05) is 36.4 Å². The first-order valence-corrected chi connectivity index (χ1v) is 10.8. The summed E-state index contributed by atoms with van der Waals surface area (Å²) in [7, 11) is 1.65. The summed E-state index contributed by atoms with van der Waals surface area (Å²) in [6.07, 6.45) is 3.82. The average Bonchev–Trinajstić information content (AvgIpc) is 3.18. The number of rotatable bonds is 5. The molecular formula is C21H24N4O3S. The van der Waals surface area contributed by atoms with Crippen molar-refractivity contribution in [2.24, 2.45) is 5.92 Å². The highest BCUT2D eigenvalue weighted by Gasteiger charge is 2.31. The van der Waals surface area contributed by atoms with Gasteiger partial charge in [0.05, 0.1) is 18.8 Å². The van der Waals surface area contributed by atoms with Crippen molar-refractivity contribution < 1.29 is 14.3 Å². The van der Waals surface area contributed by atoms with Gasteiger partial charge in [-0.1, -0.05) is 11.8 Å². The van der Waals surface area contributed by atoms with Crippen molar-refractivity contribution in [1.29, 1.82) is 0 Å². The van der Waals surface area contributed by atoms with Gasteiger partial charge in [0.1, 0.15) is 17.9 Å². The van der Waals surface area contributed by atoms with Gasteiger partial charge in [-0.2, -0.15) is 0 Å². The predicted octanol–water partition coefficient (Wildman–Crippen LogP) is 2.52. The molecule has 2 aliphatic rings. The molecule has 7 nitrogen and oxygen atoms in total. The smallest absolute Gasteiger partial charge is 0.223 e. The van der Waals surface area contributed by atoms with E-state index in [1.807, 2.05) is 30.3 Å². The number of carbonyl (C=O) groups is 2. The third-order valence-corrected chi connectivity index (χ3v) is 6.49. The van der Waals surface area contributed by atoms with Gasteiger partial charge >= 0.3 is 0 Å². The molecule has 1 aromatic heterocycles. The topological polar surface area (TPSA) is 84.4 Å². The number of thioether (sulfide) groups is 1. The zero-order valence-corrected chi connectivity index (χ0v) is 17.2. The molecule has 2 aliphatic heterocycles. The van der Waals surface area contributed by atoms with Crippen molar-refractivity contribution in [2.75, 3.05) is 30.9 Å². The van der Waals surface area contributed by atoms with Gasteiger partial charge in [-0.3, -0.25) is 9.59 Å². The number of piperidine rings is 1. The maximum absolute atomic E-state index is 12.5. The molecule has 1 aromatic carbocycles. The highest BCUT2D eigenvalue weighted by molar-refractivity contribution is 8.14. The largest absolute Gasteiger partial charge is 0.497 e. The average molecular weight is 413 g/mol. The van der Waals surface area contributed by atoms with E-state index in [0.717, 1.165) is 60.9 Å². The molecule has 0 radical (unpaired) electrons. The zero-order valence-electron chi connectivity index (χ0n) is 16.3. The van der Waals surface area contributed by atoms with Crippen LogP contribution in [0.3, 0.4) is 0 Å². The minimum Gasteiger partial charge on any atom is -0.497 e. The Morgan fingerprint density at radius 3 is 2.59 bits per heavy atom. The van der Waals surface area contributed by atoms with Crippen LogP contribution in [0.15, 0.2) is 36.7 Å². The summed E-state index contributed by atoms with van der Waals surface area (Å²) < 4.78 is 5.21. The monoisotopic (exact) mass is 412 g/mol. The molecule has 0 spiro atoms. The lowest BCUT2D eigenvalue weighted by atomic mass is 9.95. The van der Waals surface area contributed by atoms with Gasteiger partial charge in [-0.25, -0.2) is 9.97 Å². The number of aromatic nitrogens is 2. The minimum atomic E-state index is -0.306. The Bertz CT molecular complexity index is 882. The molecule has 2 saturated heterocycles. The first-order chi connectivity index (χ1) is 14.1. The maximum Gasteiger partial charge on any atom is 0.223 e. The second kappa shape index (κ2) is 8.82. The molecule has 1 unspecified atom stereocenters. The Morgan fingerprint density at radius 2 is 1.93 bits per heavy atom. The van der Waals surface area contributed by atoms with Gasteiger partial charge in [0.25, 0.3) is 0 Å². The normalized spacial score (nSPS) is 20.0. The summed E-state index contributed by atoms with van der Waals surface area (Å²) in [5.74, 6) is 2.43. The molecule has 29 heavy (non-hydrogen) atoms. The molecule has 0 saturated carbocycles. The second-order valence-electron chi connectivity index (χ2n) is 7.27. The van der Waals surface area contributed by atoms with Crippen molar-refractivity contribution >= 4 is 28.6 Å². The summed E-state index contributed by atoms with van der Waals surface area (Å²) >= 11 is 1.31. The number of carbonyl (C=O) groups excluding carboxylic acids is 2. The van der Waals surface area contributed by atoms with Crippen LogP contribution in [0.2, 0.25) is 0 Å². The zero-order chi connectivity index (χ0) is 20.2. The summed E-state index contributed by atoms with van der Waals surface area (Å²) in [4.78, 5) is 35.2. The third-order valence-electron chi connectivity index (χ3n) is 5.48. The third kappa shape index (κ3) is 4.53. The van der Waals surface area contributed by atoms with Crippen LogP contribution in [-0.4, -0.2) is 53.0 Å². The molecule has 8 heteroatoms. The van der Waals surface area contributed by atoms with Crippen LogP contribution >= 0.6 is 11.8 Å². The van der Waals surface area contributed by atoms with Crippen molar-refractivity contribution in [3.63, 3.8) is 0 Å². The summed E-state index contributed by atoms with van der Waals surface area (Å²) in [5, 5.41) is 3.02. The fourth-order valence-corrected chi connectivity index (χ4v) is 4.66. The van der Waals surface area contributed by atoms with Crippen molar-refractivity contribution in [3.8, 4) is 17.0 Å². The molecule has 2 fully saturated rings. The number of benzene rings is 1. The van der Waals surface area contributed by atoms with Crippen LogP contribution < -0.4 is 15.0 Å². The Morgan fingerprint density at radius 1 is 1.17 bits per heavy atom. The standard InChI is InChI=1S/C21H24N4O3S/c1-28-16-4-2-14(3-5-16)18-12-19(23-13-22-18)25-9-6-15(7-10-25)20(26)24-17-8-11-29-21(17)27/h2-5,12-13,15,17H,6-11H2,1H3,(H,24,26). The summed E-state index contributed by atoms with van der Waals surface area (Å²) in [5.41, 5.74) is 1.86. The lowest BCUT2D eigenvalue weighted by Gasteiger charge is -2.32. The van der Waals surface area contributed by atoms with Crippen LogP contribution in [0, 0.1) is 5.92 Å². The van der Waals surface area contributed by atoms with Crippen molar-refractivity contribution in [1.82, 2.24) is 15.3 Å². The number of anilines is 1. The summed E-state index contributed by atoms with van der Waals surface area (Å²) in [6, 6.07) is 9.45. The fourth-order valence-electron chi connectivity index (χ4n) is 3.73. The van der Waals surface area contributed by atoms with Crippen LogP contribution in [0.5, 0.6) is 5.75 Å². The Balaban J connectivity index is 1.37. The first-order valence-electron chi connectivity index (χ1n) is 9.82. The second-order valence-corrected chi connectivity index (χ2v) is 8.37. The molecule has 152 valence electrons. The molecular weight excluding hydrogens is 388 g/mol. The van der Waals surface area contributed by atoms with E-state index >= 15 is 0 Å². The number of amides is 1. The number of methoxy groups -OCH3 is 1. The van der Waals surface area contributed by atoms with E-state index in [1.54, 1.807) is 13.4 Å². The van der Waals surface area contributed by atoms with Crippen LogP contribution in [0.1, 0.15) is 19.3 Å². The molecule has 0 bridgehead atoms. The number of nitrogens with one attached hydrogen (secondary N) is 1. The van der Waals surface area contributed by atoms with E-state index in [4.69, 9.17) is 4.74 Å². The van der Waals surface area contributed by atoms with E-state index in [1.165, 1.54) is 11.8 Å². The molecule has 1 amide bonds. The number of hydrogen-bond donors (Lipinski definition) is 1. The fraction of sp³-hybridized carbons (Fsp3) is 0.429. The molecule has 2 aromatic rings. The lowest BCUT2D eigenvalue weighted by Crippen LogP contribution is -2.45. The predicted molar refractivity (Wildman–Crippen MR) is 113 cm³/mol. The van der Waals surface area contributed by atoms with E-state index < -0.39 is 0 Å². The quantitative estimate of drug-likeness (QED) is 0.808. The Labute approximate surface area is 174 Å². The first kappa shape index (κ1) is 19.7. The highest BCUT2D eigenvalue weighted by Crippen LogP contribution is 2.27. The van der Waals surface area contributed by atoms with Crippen LogP contribution in [0.4, 0.5) is 5.82 Å². The number of ether oxygens (including phenoxy) is 1. The van der Waals surface area contributed by atoms with Crippen LogP contribution in [-0.2, 0) is 9.59 Å². The Kier molecular flexibility index (Phi) is 5.99. The van der Waals surface area contributed by atoms with Gasteiger partial charge in [-0.05, 0) is 43.5 Å². The van der Waals surface area contributed by atoms with Gasteiger partial charge < -0.3 is 15.0 Å².